The van der Waals surface area contributed by atoms with Crippen LogP contribution in [-0.2, 0) is 0 Å². The van der Waals surface area contributed by atoms with Gasteiger partial charge < -0.3 is 10.4 Å². The molecular formula is C13H19N3OS. The predicted molar refractivity (Wildman–Crippen MR) is 76.3 cm³/mol. The molecule has 5 heteroatoms. The average molecular weight is 265 g/mol. The van der Waals surface area contributed by atoms with Gasteiger partial charge in [-0.2, -0.15) is 0 Å². The Hall–Kier alpha value is -1.20. The van der Waals surface area contributed by atoms with Crippen LogP contribution < -0.4 is 5.32 Å². The predicted octanol–water partition coefficient (Wildman–Crippen LogP) is 2.88. The highest BCUT2D eigenvalue weighted by molar-refractivity contribution is 7.18. The first-order chi connectivity index (χ1) is 8.50. The summed E-state index contributed by atoms with van der Waals surface area (Å²) in [7, 11) is 0. The third-order valence-corrected chi connectivity index (χ3v) is 4.63. The van der Waals surface area contributed by atoms with Crippen LogP contribution >= 0.6 is 11.3 Å². The Labute approximate surface area is 111 Å². The van der Waals surface area contributed by atoms with Crippen molar-refractivity contribution in [3.63, 3.8) is 0 Å². The summed E-state index contributed by atoms with van der Waals surface area (Å²) in [6, 6.07) is 0. The number of aliphatic hydroxyl groups excluding tert-OH is 1. The van der Waals surface area contributed by atoms with E-state index in [0.29, 0.717) is 0 Å². The number of fused-ring (bicyclic) bond motifs is 1. The fourth-order valence-electron chi connectivity index (χ4n) is 1.80. The number of thiophene rings is 1. The van der Waals surface area contributed by atoms with Crippen LogP contribution in [0.5, 0.6) is 0 Å². The van der Waals surface area contributed by atoms with E-state index in [2.05, 4.69) is 29.1 Å². The largest absolute Gasteiger partial charge is 0.394 e. The number of aromatic nitrogens is 2. The standard InChI is InChI=1S/C13H19N3OS/c1-5-13(4,6-17)16-11-10-8(2)9(3)18-12(10)15-7-14-11/h7,17H,5-6H2,1-4H3,(H,14,15,16). The summed E-state index contributed by atoms with van der Waals surface area (Å²) in [6.45, 7) is 8.31. The normalized spacial score (nSPS) is 14.7. The van der Waals surface area contributed by atoms with Gasteiger partial charge >= 0.3 is 0 Å². The maximum absolute atomic E-state index is 9.49. The van der Waals surface area contributed by atoms with Crippen molar-refractivity contribution in [2.24, 2.45) is 0 Å². The molecule has 0 aliphatic heterocycles. The van der Waals surface area contributed by atoms with Gasteiger partial charge in [0.05, 0.1) is 17.5 Å². The first-order valence-corrected chi connectivity index (χ1v) is 6.92. The Kier molecular flexibility index (Phi) is 3.54. The van der Waals surface area contributed by atoms with E-state index >= 15 is 0 Å². The fourth-order valence-corrected chi connectivity index (χ4v) is 2.80. The Morgan fingerprint density at radius 3 is 2.72 bits per heavy atom. The van der Waals surface area contributed by atoms with Crippen LogP contribution in [0.4, 0.5) is 5.82 Å². The number of hydrogen-bond acceptors (Lipinski definition) is 5. The lowest BCUT2D eigenvalue weighted by Gasteiger charge is -2.28. The molecule has 98 valence electrons. The van der Waals surface area contributed by atoms with Crippen molar-refractivity contribution in [2.45, 2.75) is 39.7 Å². The Morgan fingerprint density at radius 1 is 1.39 bits per heavy atom. The monoisotopic (exact) mass is 265 g/mol. The van der Waals surface area contributed by atoms with Crippen LogP contribution in [0, 0.1) is 13.8 Å². The van der Waals surface area contributed by atoms with Gasteiger partial charge in [-0.3, -0.25) is 0 Å². The first kappa shape index (κ1) is 13.2. The lowest BCUT2D eigenvalue weighted by molar-refractivity contribution is 0.218. The first-order valence-electron chi connectivity index (χ1n) is 6.10. The summed E-state index contributed by atoms with van der Waals surface area (Å²) in [5.41, 5.74) is 0.873. The van der Waals surface area contributed by atoms with E-state index in [0.717, 1.165) is 22.5 Å². The molecule has 0 saturated heterocycles. The van der Waals surface area contributed by atoms with Gasteiger partial charge in [0.1, 0.15) is 17.0 Å². The van der Waals surface area contributed by atoms with Gasteiger partial charge in [-0.25, -0.2) is 9.97 Å². The molecule has 0 aliphatic rings. The maximum atomic E-state index is 9.49. The molecule has 18 heavy (non-hydrogen) atoms. The molecule has 2 N–H and O–H groups in total. The van der Waals surface area contributed by atoms with Crippen LogP contribution in [0.15, 0.2) is 6.33 Å². The Balaban J connectivity index is 2.51. The zero-order chi connectivity index (χ0) is 13.3. The van der Waals surface area contributed by atoms with E-state index in [1.54, 1.807) is 17.7 Å². The van der Waals surface area contributed by atoms with Crippen molar-refractivity contribution >= 4 is 27.4 Å². The van der Waals surface area contributed by atoms with E-state index < -0.39 is 0 Å². The maximum Gasteiger partial charge on any atom is 0.138 e. The molecule has 2 aromatic rings. The van der Waals surface area contributed by atoms with Gasteiger partial charge in [0.15, 0.2) is 0 Å². The van der Waals surface area contributed by atoms with Crippen LogP contribution in [-0.4, -0.2) is 27.2 Å². The number of nitrogens with zero attached hydrogens (tertiary/aromatic N) is 2. The summed E-state index contributed by atoms with van der Waals surface area (Å²) in [6.07, 6.45) is 2.41. The van der Waals surface area contributed by atoms with Gasteiger partial charge in [0.25, 0.3) is 0 Å². The zero-order valence-electron chi connectivity index (χ0n) is 11.2. The number of rotatable bonds is 4. The number of aryl methyl sites for hydroxylation is 2. The molecule has 0 aromatic carbocycles. The van der Waals surface area contributed by atoms with Gasteiger partial charge in [-0.1, -0.05) is 6.92 Å². The molecule has 0 radical (unpaired) electrons. The third kappa shape index (κ3) is 2.20. The third-order valence-electron chi connectivity index (χ3n) is 3.51. The molecule has 0 saturated carbocycles. The van der Waals surface area contributed by atoms with Crippen LogP contribution in [0.2, 0.25) is 0 Å². The molecule has 0 spiro atoms. The second-order valence-electron chi connectivity index (χ2n) is 4.88. The molecule has 0 fully saturated rings. The van der Waals surface area contributed by atoms with Gasteiger partial charge in [-0.05, 0) is 32.8 Å². The lowest BCUT2D eigenvalue weighted by atomic mass is 10.00. The minimum Gasteiger partial charge on any atom is -0.394 e. The minimum atomic E-state index is -0.344. The van der Waals surface area contributed by atoms with Crippen LogP contribution in [0.3, 0.4) is 0 Å². The quantitative estimate of drug-likeness (QED) is 0.892. The van der Waals surface area contributed by atoms with Crippen molar-refractivity contribution in [3.8, 4) is 0 Å². The molecule has 1 unspecified atom stereocenters. The van der Waals surface area contributed by atoms with Crippen molar-refractivity contribution in [2.75, 3.05) is 11.9 Å². The van der Waals surface area contributed by atoms with Gasteiger partial charge in [0.2, 0.25) is 0 Å². The molecule has 2 aromatic heterocycles. The van der Waals surface area contributed by atoms with Crippen molar-refractivity contribution in [1.82, 2.24) is 9.97 Å². The van der Waals surface area contributed by atoms with E-state index in [9.17, 15) is 5.11 Å². The molecular weight excluding hydrogens is 246 g/mol. The summed E-state index contributed by atoms with van der Waals surface area (Å²) in [4.78, 5) is 10.9. The summed E-state index contributed by atoms with van der Waals surface area (Å²) < 4.78 is 0. The second kappa shape index (κ2) is 4.82. The SMILES string of the molecule is CCC(C)(CO)Nc1ncnc2sc(C)c(C)c12. The summed E-state index contributed by atoms with van der Waals surface area (Å²) in [5, 5.41) is 13.9. The Morgan fingerprint density at radius 2 is 2.11 bits per heavy atom. The molecule has 0 aliphatic carbocycles. The molecule has 4 nitrogen and oxygen atoms in total. The lowest BCUT2D eigenvalue weighted by Crippen LogP contribution is -2.38. The molecule has 2 rings (SSSR count). The minimum absolute atomic E-state index is 0.0805. The van der Waals surface area contributed by atoms with Crippen molar-refractivity contribution < 1.29 is 5.11 Å². The van der Waals surface area contributed by atoms with Gasteiger partial charge in [-0.15, -0.1) is 11.3 Å². The number of anilines is 1. The van der Waals surface area contributed by atoms with E-state index in [1.807, 2.05) is 13.8 Å². The van der Waals surface area contributed by atoms with Gasteiger partial charge in [0, 0.05) is 4.88 Å². The topological polar surface area (TPSA) is 58.0 Å². The number of nitrogens with one attached hydrogen (secondary N) is 1. The Bertz CT molecular complexity index is 561. The molecule has 1 atom stereocenters. The number of aliphatic hydroxyl groups is 1. The molecule has 0 amide bonds. The highest BCUT2D eigenvalue weighted by Crippen LogP contribution is 2.33. The molecule has 2 heterocycles. The van der Waals surface area contributed by atoms with E-state index in [4.69, 9.17) is 0 Å². The van der Waals surface area contributed by atoms with Crippen molar-refractivity contribution in [1.29, 1.82) is 0 Å². The summed E-state index contributed by atoms with van der Waals surface area (Å²) in [5.74, 6) is 0.820. The van der Waals surface area contributed by atoms with E-state index in [1.165, 1.54) is 10.4 Å². The van der Waals surface area contributed by atoms with Crippen LogP contribution in [0.25, 0.3) is 10.2 Å². The smallest absolute Gasteiger partial charge is 0.138 e. The molecule has 0 bridgehead atoms. The van der Waals surface area contributed by atoms with E-state index in [-0.39, 0.29) is 12.1 Å². The zero-order valence-corrected chi connectivity index (χ0v) is 12.1. The average Bonchev–Trinajstić information content (AvgIpc) is 2.66. The van der Waals surface area contributed by atoms with Crippen molar-refractivity contribution in [3.05, 3.63) is 16.8 Å². The number of hydrogen-bond donors (Lipinski definition) is 2. The fraction of sp³-hybridized carbons (Fsp3) is 0.538. The highest BCUT2D eigenvalue weighted by atomic mass is 32.1. The van der Waals surface area contributed by atoms with Crippen LogP contribution in [0.1, 0.15) is 30.7 Å². The highest BCUT2D eigenvalue weighted by Gasteiger charge is 2.23. The second-order valence-corrected chi connectivity index (χ2v) is 6.09. The summed E-state index contributed by atoms with van der Waals surface area (Å²) >= 11 is 1.68.